The van der Waals surface area contributed by atoms with E-state index in [1.807, 2.05) is 0 Å². The molecule has 0 aliphatic carbocycles. The zero-order valence-electron chi connectivity index (χ0n) is 23.4. The van der Waals surface area contributed by atoms with E-state index in [-0.39, 0.29) is 52.2 Å². The molecular formula is C28H29ClF2N8O5. The second-order valence-corrected chi connectivity index (χ2v) is 10.9. The van der Waals surface area contributed by atoms with E-state index in [0.29, 0.717) is 56.8 Å². The number of anilines is 1. The third-order valence-corrected chi connectivity index (χ3v) is 7.76. The quantitative estimate of drug-likeness (QED) is 0.199. The van der Waals surface area contributed by atoms with Gasteiger partial charge in [0.1, 0.15) is 24.1 Å². The fraction of sp³-hybridized carbons (Fsp3) is 0.393. The molecule has 6 rings (SSSR count). The first-order valence-electron chi connectivity index (χ1n) is 14.0. The minimum absolute atomic E-state index is 0.115. The number of carbonyl (C=O) groups excluding carboxylic acids is 2. The van der Waals surface area contributed by atoms with E-state index in [2.05, 4.69) is 25.4 Å². The normalized spacial score (nSPS) is 18.2. The van der Waals surface area contributed by atoms with Crippen molar-refractivity contribution in [3.63, 3.8) is 0 Å². The summed E-state index contributed by atoms with van der Waals surface area (Å²) in [5.74, 6) is -0.551. The molecule has 2 aliphatic rings. The highest BCUT2D eigenvalue weighted by Crippen LogP contribution is 2.38. The number of carbonyl (C=O) groups is 2. The smallest absolute Gasteiger partial charge is 0.387 e. The Morgan fingerprint density at radius 1 is 1.25 bits per heavy atom. The molecule has 2 N–H and O–H groups in total. The van der Waals surface area contributed by atoms with Gasteiger partial charge in [-0.3, -0.25) is 19.2 Å². The molecule has 2 saturated heterocycles. The fourth-order valence-electron chi connectivity index (χ4n) is 5.37. The monoisotopic (exact) mass is 630 g/mol. The van der Waals surface area contributed by atoms with Crippen molar-refractivity contribution in [2.75, 3.05) is 38.0 Å². The van der Waals surface area contributed by atoms with Crippen molar-refractivity contribution in [1.29, 1.82) is 0 Å². The van der Waals surface area contributed by atoms with Crippen LogP contribution in [-0.4, -0.2) is 96.6 Å². The average molecular weight is 631 g/mol. The number of hydrogen-bond acceptors (Lipinski definition) is 10. The molecule has 13 nitrogen and oxygen atoms in total. The third-order valence-electron chi connectivity index (χ3n) is 7.52. The maximum Gasteiger partial charge on any atom is 0.387 e. The summed E-state index contributed by atoms with van der Waals surface area (Å²) >= 11 is 6.22. The Hall–Kier alpha value is -4.34. The number of halogens is 3. The number of aromatic nitrogens is 5. The zero-order valence-corrected chi connectivity index (χ0v) is 24.1. The average Bonchev–Trinajstić information content (AvgIpc) is 3.72. The molecule has 16 heteroatoms. The molecule has 0 spiro atoms. The zero-order chi connectivity index (χ0) is 30.8. The van der Waals surface area contributed by atoms with E-state index in [1.165, 1.54) is 39.8 Å². The highest BCUT2D eigenvalue weighted by molar-refractivity contribution is 6.31. The van der Waals surface area contributed by atoms with Gasteiger partial charge in [0.05, 0.1) is 17.4 Å². The lowest BCUT2D eigenvalue weighted by Crippen LogP contribution is -2.51. The van der Waals surface area contributed by atoms with E-state index in [9.17, 15) is 23.5 Å². The summed E-state index contributed by atoms with van der Waals surface area (Å²) < 4.78 is 39.5. The molecule has 3 aromatic heterocycles. The number of alkyl halides is 2. The van der Waals surface area contributed by atoms with Gasteiger partial charge in [0, 0.05) is 68.3 Å². The number of aliphatic hydroxyl groups is 1. The van der Waals surface area contributed by atoms with E-state index in [1.54, 1.807) is 23.4 Å². The van der Waals surface area contributed by atoms with Gasteiger partial charge >= 0.3 is 12.6 Å². The Kier molecular flexibility index (Phi) is 8.59. The Labute approximate surface area is 254 Å². The summed E-state index contributed by atoms with van der Waals surface area (Å²) in [6.07, 6.45) is 5.90. The van der Waals surface area contributed by atoms with Gasteiger partial charge in [-0.25, -0.2) is 9.50 Å². The molecule has 0 bridgehead atoms. The van der Waals surface area contributed by atoms with Crippen molar-refractivity contribution in [3.05, 3.63) is 59.6 Å². The fourth-order valence-corrected chi connectivity index (χ4v) is 5.55. The first kappa shape index (κ1) is 29.7. The van der Waals surface area contributed by atoms with Crippen LogP contribution in [0.4, 0.5) is 14.5 Å². The van der Waals surface area contributed by atoms with E-state index in [0.717, 1.165) is 0 Å². The Balaban J connectivity index is 1.22. The molecular weight excluding hydrogens is 602 g/mol. The highest BCUT2D eigenvalue weighted by atomic mass is 35.5. The number of rotatable bonds is 10. The van der Waals surface area contributed by atoms with Crippen LogP contribution in [0.15, 0.2) is 49.1 Å². The molecule has 0 saturated carbocycles. The summed E-state index contributed by atoms with van der Waals surface area (Å²) in [5, 5.41) is 23.0. The first-order chi connectivity index (χ1) is 21.2. The highest BCUT2D eigenvalue weighted by Gasteiger charge is 2.29. The van der Waals surface area contributed by atoms with Gasteiger partial charge < -0.3 is 24.8 Å². The van der Waals surface area contributed by atoms with Crippen LogP contribution in [0.3, 0.4) is 0 Å². The molecule has 5 heterocycles. The number of nitrogens with one attached hydrogen (secondary N) is 1. The molecule has 0 radical (unpaired) electrons. The number of amides is 1. The van der Waals surface area contributed by atoms with Crippen LogP contribution in [0.5, 0.6) is 5.75 Å². The third kappa shape index (κ3) is 6.59. The molecule has 2 atom stereocenters. The molecule has 44 heavy (non-hydrogen) atoms. The van der Waals surface area contributed by atoms with Crippen LogP contribution < -0.4 is 10.1 Å². The van der Waals surface area contributed by atoms with Crippen LogP contribution in [0.2, 0.25) is 5.02 Å². The molecule has 1 amide bonds. The lowest BCUT2D eigenvalue weighted by atomic mass is 10.1. The number of cyclic esters (lactones) is 1. The Bertz CT molecular complexity index is 1660. The number of esters is 1. The van der Waals surface area contributed by atoms with Gasteiger partial charge in [-0.05, 0) is 30.7 Å². The van der Waals surface area contributed by atoms with Crippen molar-refractivity contribution in [2.45, 2.75) is 38.3 Å². The topological polar surface area (TPSA) is 139 Å². The second kappa shape index (κ2) is 12.7. The van der Waals surface area contributed by atoms with Crippen LogP contribution in [-0.2, 0) is 20.9 Å². The van der Waals surface area contributed by atoms with Gasteiger partial charge in [0.25, 0.3) is 0 Å². The summed E-state index contributed by atoms with van der Waals surface area (Å²) in [5.41, 5.74) is 1.28. The SMILES string of the molecule is O=C1CCC(CN2CCN(C(=O)Cn3cc(NC(O)c4cnn5cccnc45)c(-c4cc(Cl)ccc4OC(F)F)n3)CC2)O1. The lowest BCUT2D eigenvalue weighted by Gasteiger charge is -2.35. The van der Waals surface area contributed by atoms with Crippen molar-refractivity contribution >= 4 is 34.8 Å². The number of aliphatic hydroxyl groups excluding tert-OH is 1. The first-order valence-corrected chi connectivity index (χ1v) is 14.4. The van der Waals surface area contributed by atoms with Crippen LogP contribution in [0.25, 0.3) is 16.9 Å². The van der Waals surface area contributed by atoms with Crippen molar-refractivity contribution in [1.82, 2.24) is 34.2 Å². The molecule has 1 aromatic carbocycles. The Morgan fingerprint density at radius 3 is 2.82 bits per heavy atom. The number of fused-ring (bicyclic) bond motifs is 1. The molecule has 2 aliphatic heterocycles. The number of nitrogens with zero attached hydrogens (tertiary/aromatic N) is 7. The standard InChI is InChI=1S/C28H29ClF2N8O5/c29-17-2-4-22(44-28(30)31)19(12-17)25-21(34-27(42)20-13-33-39-7-1-6-32-26(20)39)15-38(35-25)16-23(40)37-10-8-36(9-11-37)14-18-3-5-24(41)43-18/h1-2,4,6-7,12-13,15,18,27-28,34,42H,3,5,8-11,14,16H2. The minimum atomic E-state index is -3.11. The maximum atomic E-state index is 13.3. The van der Waals surface area contributed by atoms with E-state index < -0.39 is 12.8 Å². The molecule has 2 unspecified atom stereocenters. The summed E-state index contributed by atoms with van der Waals surface area (Å²) in [7, 11) is 0. The number of hydrogen-bond donors (Lipinski definition) is 2. The van der Waals surface area contributed by atoms with Gasteiger partial charge in [-0.2, -0.15) is 19.0 Å². The van der Waals surface area contributed by atoms with Gasteiger partial charge in [-0.1, -0.05) is 11.6 Å². The van der Waals surface area contributed by atoms with Gasteiger partial charge in [0.2, 0.25) is 5.91 Å². The second-order valence-electron chi connectivity index (χ2n) is 10.5. The number of ether oxygens (including phenoxy) is 2. The lowest BCUT2D eigenvalue weighted by molar-refractivity contribution is -0.142. The van der Waals surface area contributed by atoms with Crippen molar-refractivity contribution in [3.8, 4) is 17.0 Å². The molecule has 2 fully saturated rings. The predicted molar refractivity (Wildman–Crippen MR) is 153 cm³/mol. The minimum Gasteiger partial charge on any atom is -0.461 e. The van der Waals surface area contributed by atoms with Crippen LogP contribution >= 0.6 is 11.6 Å². The predicted octanol–water partition coefficient (Wildman–Crippen LogP) is 2.80. The maximum absolute atomic E-state index is 13.3. The summed E-state index contributed by atoms with van der Waals surface area (Å²) in [4.78, 5) is 32.8. The molecule has 232 valence electrons. The summed E-state index contributed by atoms with van der Waals surface area (Å²) in [6.45, 7) is -0.376. The van der Waals surface area contributed by atoms with Gasteiger partial charge in [-0.15, -0.1) is 0 Å². The van der Waals surface area contributed by atoms with Crippen LogP contribution in [0, 0.1) is 0 Å². The van der Waals surface area contributed by atoms with Crippen LogP contribution in [0.1, 0.15) is 24.6 Å². The Morgan fingerprint density at radius 2 is 2.07 bits per heavy atom. The van der Waals surface area contributed by atoms with Crippen molar-refractivity contribution in [2.24, 2.45) is 0 Å². The summed E-state index contributed by atoms with van der Waals surface area (Å²) in [6, 6.07) is 5.82. The van der Waals surface area contributed by atoms with E-state index >= 15 is 0 Å². The largest absolute Gasteiger partial charge is 0.461 e. The van der Waals surface area contributed by atoms with Crippen molar-refractivity contribution < 1.29 is 33.0 Å². The van der Waals surface area contributed by atoms with Gasteiger partial charge in [0.15, 0.2) is 11.9 Å². The van der Waals surface area contributed by atoms with E-state index in [4.69, 9.17) is 21.1 Å². The number of piperazine rings is 1. The molecule has 4 aromatic rings. The number of benzene rings is 1.